The van der Waals surface area contributed by atoms with E-state index >= 15 is 0 Å². The molecule has 116 valence electrons. The average Bonchev–Trinajstić information content (AvgIpc) is 2.40. The number of aryl methyl sites for hydroxylation is 1. The van der Waals surface area contributed by atoms with Crippen molar-refractivity contribution >= 4 is 29.9 Å². The van der Waals surface area contributed by atoms with Crippen molar-refractivity contribution < 1.29 is 9.59 Å². The van der Waals surface area contributed by atoms with Crippen molar-refractivity contribution in [2.45, 2.75) is 32.7 Å². The minimum atomic E-state index is -0.478. The maximum atomic E-state index is 12.2. The fraction of sp³-hybridized carbons (Fsp3) is 0.467. The Morgan fingerprint density at radius 3 is 2.71 bits per heavy atom. The Balaban J connectivity index is 0.00000220. The number of hydrogen-bond donors (Lipinski definition) is 3. The van der Waals surface area contributed by atoms with Gasteiger partial charge in [-0.25, -0.2) is 0 Å². The molecule has 0 unspecified atom stereocenters. The topological polar surface area (TPSA) is 84.2 Å². The van der Waals surface area contributed by atoms with Gasteiger partial charge in [-0.15, -0.1) is 12.4 Å². The van der Waals surface area contributed by atoms with Crippen LogP contribution in [0.25, 0.3) is 0 Å². The standard InChI is InChI=1S/C15H21N3O2.ClH/c1-9-3-4-12(8-13(9)14(16)19)18-15(20)11-5-6-17-10(2)7-11;/h3-4,8,10-11,17H,5-7H2,1-2H3,(H2,16,19)(H,18,20);1H/t10-,11-;/m0./s1. The molecule has 0 spiro atoms. The maximum Gasteiger partial charge on any atom is 0.249 e. The predicted molar refractivity (Wildman–Crippen MR) is 85.8 cm³/mol. The summed E-state index contributed by atoms with van der Waals surface area (Å²) in [6.07, 6.45) is 1.67. The van der Waals surface area contributed by atoms with Crippen molar-refractivity contribution in [1.82, 2.24) is 5.32 Å². The van der Waals surface area contributed by atoms with Gasteiger partial charge >= 0.3 is 0 Å². The van der Waals surface area contributed by atoms with Gasteiger partial charge in [0.15, 0.2) is 0 Å². The number of primary amides is 1. The normalized spacial score (nSPS) is 21.2. The van der Waals surface area contributed by atoms with Crippen LogP contribution in [0.4, 0.5) is 5.69 Å². The quantitative estimate of drug-likeness (QED) is 0.796. The molecule has 1 heterocycles. The van der Waals surface area contributed by atoms with Crippen LogP contribution in [0.1, 0.15) is 35.7 Å². The Kier molecular flexibility index (Phi) is 6.18. The number of amides is 2. The third kappa shape index (κ3) is 4.44. The zero-order valence-corrected chi connectivity index (χ0v) is 13.1. The number of benzene rings is 1. The minimum Gasteiger partial charge on any atom is -0.366 e. The molecule has 0 bridgehead atoms. The molecule has 0 aliphatic carbocycles. The Morgan fingerprint density at radius 2 is 2.10 bits per heavy atom. The zero-order valence-electron chi connectivity index (χ0n) is 12.3. The van der Waals surface area contributed by atoms with E-state index < -0.39 is 5.91 Å². The molecule has 21 heavy (non-hydrogen) atoms. The Morgan fingerprint density at radius 1 is 1.38 bits per heavy atom. The number of nitrogens with two attached hydrogens (primary N) is 1. The predicted octanol–water partition coefficient (Wildman–Crippen LogP) is 1.84. The highest BCUT2D eigenvalue weighted by Crippen LogP contribution is 2.20. The van der Waals surface area contributed by atoms with Gasteiger partial charge in [0.2, 0.25) is 11.8 Å². The summed E-state index contributed by atoms with van der Waals surface area (Å²) in [7, 11) is 0. The van der Waals surface area contributed by atoms with Gasteiger partial charge in [-0.3, -0.25) is 9.59 Å². The van der Waals surface area contributed by atoms with Crippen molar-refractivity contribution in [3.05, 3.63) is 29.3 Å². The lowest BCUT2D eigenvalue weighted by Crippen LogP contribution is -2.40. The summed E-state index contributed by atoms with van der Waals surface area (Å²) in [5.74, 6) is -0.448. The van der Waals surface area contributed by atoms with Crippen molar-refractivity contribution in [3.63, 3.8) is 0 Å². The van der Waals surface area contributed by atoms with Crippen LogP contribution in [0.15, 0.2) is 18.2 Å². The summed E-state index contributed by atoms with van der Waals surface area (Å²) >= 11 is 0. The second kappa shape index (κ2) is 7.43. The first-order valence-electron chi connectivity index (χ1n) is 6.92. The number of hydrogen-bond acceptors (Lipinski definition) is 3. The Hall–Kier alpha value is -1.59. The van der Waals surface area contributed by atoms with Gasteiger partial charge in [0.25, 0.3) is 0 Å². The smallest absolute Gasteiger partial charge is 0.249 e. The molecule has 2 rings (SSSR count). The van der Waals surface area contributed by atoms with Crippen LogP contribution in [0.2, 0.25) is 0 Å². The highest BCUT2D eigenvalue weighted by atomic mass is 35.5. The van der Waals surface area contributed by atoms with Crippen molar-refractivity contribution in [2.24, 2.45) is 11.7 Å². The summed E-state index contributed by atoms with van der Waals surface area (Å²) in [6.45, 7) is 4.76. The molecule has 0 radical (unpaired) electrons. The van der Waals surface area contributed by atoms with E-state index in [-0.39, 0.29) is 24.2 Å². The molecule has 0 aromatic heterocycles. The molecule has 1 aliphatic rings. The monoisotopic (exact) mass is 311 g/mol. The third-order valence-electron chi connectivity index (χ3n) is 3.77. The number of halogens is 1. The van der Waals surface area contributed by atoms with Crippen molar-refractivity contribution in [2.75, 3.05) is 11.9 Å². The van der Waals surface area contributed by atoms with Gasteiger partial charge in [0.1, 0.15) is 0 Å². The number of piperidine rings is 1. The average molecular weight is 312 g/mol. The van der Waals surface area contributed by atoms with Gasteiger partial charge < -0.3 is 16.4 Å². The second-order valence-electron chi connectivity index (χ2n) is 5.46. The van der Waals surface area contributed by atoms with E-state index in [2.05, 4.69) is 17.6 Å². The highest BCUT2D eigenvalue weighted by molar-refractivity contribution is 5.98. The lowest BCUT2D eigenvalue weighted by atomic mass is 9.92. The highest BCUT2D eigenvalue weighted by Gasteiger charge is 2.24. The molecule has 5 nitrogen and oxygen atoms in total. The van der Waals surface area contributed by atoms with Gasteiger partial charge in [0, 0.05) is 23.2 Å². The number of carbonyl (C=O) groups is 2. The van der Waals surface area contributed by atoms with Gasteiger partial charge in [-0.05, 0) is 50.9 Å². The zero-order chi connectivity index (χ0) is 14.7. The first-order chi connectivity index (χ1) is 9.47. The van der Waals surface area contributed by atoms with E-state index in [4.69, 9.17) is 5.73 Å². The number of rotatable bonds is 3. The van der Waals surface area contributed by atoms with Crippen LogP contribution >= 0.6 is 12.4 Å². The fourth-order valence-electron chi connectivity index (χ4n) is 2.58. The van der Waals surface area contributed by atoms with Crippen LogP contribution in [0.5, 0.6) is 0 Å². The van der Waals surface area contributed by atoms with Crippen LogP contribution in [-0.4, -0.2) is 24.4 Å². The van der Waals surface area contributed by atoms with Gasteiger partial charge in [-0.1, -0.05) is 6.07 Å². The molecule has 0 saturated carbocycles. The molecule has 2 atom stereocenters. The van der Waals surface area contributed by atoms with Crippen LogP contribution in [-0.2, 0) is 4.79 Å². The van der Waals surface area contributed by atoms with Gasteiger partial charge in [0.05, 0.1) is 0 Å². The molecular formula is C15H22ClN3O2. The largest absolute Gasteiger partial charge is 0.366 e. The van der Waals surface area contributed by atoms with Crippen LogP contribution < -0.4 is 16.4 Å². The van der Waals surface area contributed by atoms with E-state index in [1.165, 1.54) is 0 Å². The van der Waals surface area contributed by atoms with Crippen molar-refractivity contribution in [1.29, 1.82) is 0 Å². The van der Waals surface area contributed by atoms with E-state index in [0.717, 1.165) is 24.9 Å². The summed E-state index contributed by atoms with van der Waals surface area (Å²) < 4.78 is 0. The molecule has 1 fully saturated rings. The van der Waals surface area contributed by atoms with Crippen LogP contribution in [0, 0.1) is 12.8 Å². The Bertz CT molecular complexity index is 534. The summed E-state index contributed by atoms with van der Waals surface area (Å²) in [5.41, 5.74) is 7.20. The molecule has 1 saturated heterocycles. The third-order valence-corrected chi connectivity index (χ3v) is 3.77. The Labute approximate surface area is 131 Å². The van der Waals surface area contributed by atoms with Crippen LogP contribution in [0.3, 0.4) is 0 Å². The summed E-state index contributed by atoms with van der Waals surface area (Å²) in [6, 6.07) is 5.59. The van der Waals surface area contributed by atoms with E-state index in [0.29, 0.717) is 17.3 Å². The number of nitrogens with one attached hydrogen (secondary N) is 2. The molecular weight excluding hydrogens is 290 g/mol. The minimum absolute atomic E-state index is 0. The molecule has 4 N–H and O–H groups in total. The van der Waals surface area contributed by atoms with Crippen molar-refractivity contribution in [3.8, 4) is 0 Å². The summed E-state index contributed by atoms with van der Waals surface area (Å²) in [5, 5.41) is 6.20. The fourth-order valence-corrected chi connectivity index (χ4v) is 2.58. The molecule has 1 aromatic carbocycles. The molecule has 1 aromatic rings. The number of anilines is 1. The van der Waals surface area contributed by atoms with E-state index in [1.807, 2.05) is 6.92 Å². The molecule has 2 amide bonds. The molecule has 1 aliphatic heterocycles. The first-order valence-corrected chi connectivity index (χ1v) is 6.92. The first kappa shape index (κ1) is 17.5. The van der Waals surface area contributed by atoms with E-state index in [9.17, 15) is 9.59 Å². The summed E-state index contributed by atoms with van der Waals surface area (Å²) in [4.78, 5) is 23.5. The lowest BCUT2D eigenvalue weighted by Gasteiger charge is -2.27. The second-order valence-corrected chi connectivity index (χ2v) is 5.46. The molecule has 6 heteroatoms. The SMILES string of the molecule is Cc1ccc(NC(=O)[C@H]2CCN[C@@H](C)C2)cc1C(N)=O.Cl. The lowest BCUT2D eigenvalue weighted by molar-refractivity contribution is -0.120. The maximum absolute atomic E-state index is 12.2. The van der Waals surface area contributed by atoms with E-state index in [1.54, 1.807) is 18.2 Å². The number of carbonyl (C=O) groups excluding carboxylic acids is 2. The van der Waals surface area contributed by atoms with Gasteiger partial charge in [-0.2, -0.15) is 0 Å².